The van der Waals surface area contributed by atoms with Gasteiger partial charge in [0.05, 0.1) is 26.4 Å². The van der Waals surface area contributed by atoms with E-state index in [0.29, 0.717) is 31.6 Å². The van der Waals surface area contributed by atoms with Gasteiger partial charge in [-0.3, -0.25) is 37.3 Å². The van der Waals surface area contributed by atoms with Crippen molar-refractivity contribution in [3.05, 3.63) is 0 Å². The molecule has 0 saturated carbocycles. The number of hydrogen-bond acceptors (Lipinski definition) is 15. The van der Waals surface area contributed by atoms with Gasteiger partial charge in [-0.1, -0.05) is 383 Å². The summed E-state index contributed by atoms with van der Waals surface area (Å²) in [7, 11) is -9.92. The molecule has 0 aromatic rings. The summed E-state index contributed by atoms with van der Waals surface area (Å²) >= 11 is 0. The summed E-state index contributed by atoms with van der Waals surface area (Å²) in [6.07, 6.45) is 61.5. The maximum Gasteiger partial charge on any atom is 0.472 e. The molecule has 6 atom stereocenters. The van der Waals surface area contributed by atoms with Gasteiger partial charge in [-0.2, -0.15) is 0 Å². The molecule has 103 heavy (non-hydrogen) atoms. The number of esters is 4. The van der Waals surface area contributed by atoms with Crippen LogP contribution in [-0.4, -0.2) is 96.7 Å². The summed E-state index contributed by atoms with van der Waals surface area (Å²) in [6, 6.07) is 0. The van der Waals surface area contributed by atoms with Crippen LogP contribution in [0.15, 0.2) is 0 Å². The van der Waals surface area contributed by atoms with Crippen molar-refractivity contribution < 1.29 is 80.2 Å². The molecule has 0 heterocycles. The first kappa shape index (κ1) is 101. The Balaban J connectivity index is 5.17. The maximum atomic E-state index is 13.1. The van der Waals surface area contributed by atoms with E-state index in [1.165, 1.54) is 238 Å². The minimum Gasteiger partial charge on any atom is -0.462 e. The molecule has 17 nitrogen and oxygen atoms in total. The molecule has 0 aliphatic carbocycles. The third-order valence-electron chi connectivity index (χ3n) is 19.9. The molecule has 3 N–H and O–H groups in total. The first-order valence-electron chi connectivity index (χ1n) is 43.2. The van der Waals surface area contributed by atoms with Crippen LogP contribution in [-0.2, 0) is 65.4 Å². The Morgan fingerprint density at radius 1 is 0.272 bits per heavy atom. The monoisotopic (exact) mass is 1510 g/mol. The normalized spacial score (nSPS) is 14.2. The lowest BCUT2D eigenvalue weighted by molar-refractivity contribution is -0.161. The highest BCUT2D eigenvalue weighted by atomic mass is 31.2. The molecule has 0 aliphatic rings. The van der Waals surface area contributed by atoms with Crippen molar-refractivity contribution in [3.63, 3.8) is 0 Å². The molecule has 0 bridgehead atoms. The van der Waals surface area contributed by atoms with E-state index in [1.807, 2.05) is 0 Å². The van der Waals surface area contributed by atoms with E-state index in [4.69, 9.17) is 37.0 Å². The number of phosphoric ester groups is 2. The van der Waals surface area contributed by atoms with Crippen LogP contribution in [0.4, 0.5) is 0 Å². The van der Waals surface area contributed by atoms with Crippen LogP contribution in [0.25, 0.3) is 0 Å². The zero-order valence-corrected chi connectivity index (χ0v) is 69.7. The third kappa shape index (κ3) is 76.6. The smallest absolute Gasteiger partial charge is 0.462 e. The standard InChI is InChI=1S/C84H164O17P2/c1-9-77(8)63-55-47-38-31-27-23-19-15-11-13-17-21-25-29-33-41-50-58-66-83(88)100-79(70-94-81(86)64-56-48-39-32-28-24-20-16-12-10-14-18-22-26-30-36-44-52-60-74(2)3)72-98-102(90,91)96-68-78(85)69-97-103(92,93)99-73-80(101-84(89)67-59-51-43-42-46-54-62-76(6)7)71-95-82(87)65-57-49-40-35-34-37-45-53-61-75(4)5/h74-80,85H,9-73H2,1-8H3,(H,90,91)(H,92,93)/t77?,78?,79-,80-/m1/s1. The van der Waals surface area contributed by atoms with Crippen molar-refractivity contribution >= 4 is 39.5 Å². The van der Waals surface area contributed by atoms with Crippen LogP contribution in [0.1, 0.15) is 434 Å². The van der Waals surface area contributed by atoms with E-state index in [9.17, 15) is 43.2 Å². The van der Waals surface area contributed by atoms with E-state index < -0.39 is 97.5 Å². The quantitative estimate of drug-likeness (QED) is 0.0222. The zero-order chi connectivity index (χ0) is 76.0. The molecule has 0 fully saturated rings. The fourth-order valence-corrected chi connectivity index (χ4v) is 14.5. The Morgan fingerprint density at radius 3 is 0.689 bits per heavy atom. The molecule has 0 spiro atoms. The molecular formula is C84H164O17P2. The molecular weight excluding hydrogens is 1340 g/mol. The van der Waals surface area contributed by atoms with Crippen molar-refractivity contribution in [1.82, 2.24) is 0 Å². The minimum absolute atomic E-state index is 0.102. The molecule has 612 valence electrons. The van der Waals surface area contributed by atoms with Gasteiger partial charge >= 0.3 is 39.5 Å². The fraction of sp³-hybridized carbons (Fsp3) is 0.952. The van der Waals surface area contributed by atoms with Crippen molar-refractivity contribution in [1.29, 1.82) is 0 Å². The molecule has 0 rings (SSSR count). The first-order chi connectivity index (χ1) is 49.6. The molecule has 0 aromatic carbocycles. The number of ether oxygens (including phenoxy) is 4. The highest BCUT2D eigenvalue weighted by Crippen LogP contribution is 2.45. The molecule has 0 aromatic heterocycles. The largest absolute Gasteiger partial charge is 0.472 e. The third-order valence-corrected chi connectivity index (χ3v) is 21.8. The Kier molecular flexibility index (Phi) is 71.5. The Labute approximate surface area is 632 Å². The van der Waals surface area contributed by atoms with Gasteiger partial charge in [0.15, 0.2) is 12.2 Å². The van der Waals surface area contributed by atoms with Crippen LogP contribution < -0.4 is 0 Å². The number of hydrogen-bond donors (Lipinski definition) is 3. The summed E-state index contributed by atoms with van der Waals surface area (Å²) < 4.78 is 68.7. The lowest BCUT2D eigenvalue weighted by atomic mass is 9.99. The van der Waals surface area contributed by atoms with Crippen LogP contribution in [0.2, 0.25) is 0 Å². The van der Waals surface area contributed by atoms with Crippen LogP contribution in [0.3, 0.4) is 0 Å². The van der Waals surface area contributed by atoms with Gasteiger partial charge in [0.25, 0.3) is 0 Å². The number of aliphatic hydroxyl groups excluding tert-OH is 1. The second-order valence-corrected chi connectivity index (χ2v) is 34.8. The van der Waals surface area contributed by atoms with Crippen molar-refractivity contribution in [2.24, 2.45) is 23.7 Å². The molecule has 19 heteroatoms. The van der Waals surface area contributed by atoms with Crippen molar-refractivity contribution in [2.45, 2.75) is 453 Å². The lowest BCUT2D eigenvalue weighted by Crippen LogP contribution is -2.30. The maximum absolute atomic E-state index is 13.1. The van der Waals surface area contributed by atoms with Gasteiger partial charge in [-0.25, -0.2) is 9.13 Å². The average molecular weight is 1510 g/mol. The number of aliphatic hydroxyl groups is 1. The highest BCUT2D eigenvalue weighted by molar-refractivity contribution is 7.47. The van der Waals surface area contributed by atoms with Crippen LogP contribution in [0, 0.1) is 23.7 Å². The number of carbonyl (C=O) groups is 4. The molecule has 0 saturated heterocycles. The van der Waals surface area contributed by atoms with E-state index in [-0.39, 0.29) is 25.7 Å². The zero-order valence-electron chi connectivity index (χ0n) is 68.0. The molecule has 0 aliphatic heterocycles. The van der Waals surface area contributed by atoms with Gasteiger partial charge in [0.2, 0.25) is 0 Å². The summed E-state index contributed by atoms with van der Waals surface area (Å²) in [5.74, 6) is 0.972. The number of unbranched alkanes of at least 4 members (excludes halogenated alkanes) is 46. The van der Waals surface area contributed by atoms with Gasteiger partial charge in [-0.05, 0) is 49.4 Å². The van der Waals surface area contributed by atoms with Crippen molar-refractivity contribution in [2.75, 3.05) is 39.6 Å². The van der Waals surface area contributed by atoms with Crippen molar-refractivity contribution in [3.8, 4) is 0 Å². The summed E-state index contributed by atoms with van der Waals surface area (Å²) in [6.45, 7) is 14.2. The van der Waals surface area contributed by atoms with E-state index in [1.54, 1.807) is 0 Å². The first-order valence-corrected chi connectivity index (χ1v) is 46.2. The summed E-state index contributed by atoms with van der Waals surface area (Å²) in [5.41, 5.74) is 0. The molecule has 0 radical (unpaired) electrons. The van der Waals surface area contributed by atoms with Gasteiger partial charge in [0.1, 0.15) is 19.3 Å². The highest BCUT2D eigenvalue weighted by Gasteiger charge is 2.30. The minimum atomic E-state index is -4.96. The predicted octanol–water partition coefficient (Wildman–Crippen LogP) is 25.2. The summed E-state index contributed by atoms with van der Waals surface area (Å²) in [5, 5.41) is 10.6. The van der Waals surface area contributed by atoms with Gasteiger partial charge in [-0.15, -0.1) is 0 Å². The van der Waals surface area contributed by atoms with E-state index in [0.717, 1.165) is 108 Å². The Bertz CT molecular complexity index is 2010. The van der Waals surface area contributed by atoms with Gasteiger partial charge in [0, 0.05) is 25.7 Å². The van der Waals surface area contributed by atoms with Gasteiger partial charge < -0.3 is 33.8 Å². The van der Waals surface area contributed by atoms with Crippen LogP contribution in [0.5, 0.6) is 0 Å². The second kappa shape index (κ2) is 72.9. The number of carbonyl (C=O) groups excluding carboxylic acids is 4. The topological polar surface area (TPSA) is 237 Å². The number of phosphoric acid groups is 2. The molecule has 4 unspecified atom stereocenters. The lowest BCUT2D eigenvalue weighted by Gasteiger charge is -2.21. The molecule has 0 amide bonds. The Morgan fingerprint density at radius 2 is 0.466 bits per heavy atom. The fourth-order valence-electron chi connectivity index (χ4n) is 12.9. The van der Waals surface area contributed by atoms with Crippen LogP contribution >= 0.6 is 15.6 Å². The second-order valence-electron chi connectivity index (χ2n) is 31.9. The van der Waals surface area contributed by atoms with E-state index >= 15 is 0 Å². The predicted molar refractivity (Wildman–Crippen MR) is 423 cm³/mol. The SMILES string of the molecule is CCC(C)CCCCCCCCCCCCCCCCCCCCC(=O)O[C@H](COC(=O)CCCCCCCCCCCCCCCCCCCCC(C)C)COP(=O)(O)OCC(O)COP(=O)(O)OC[C@@H](COC(=O)CCCCCCCCCCC(C)C)OC(=O)CCCCCCCCC(C)C. The summed E-state index contributed by atoms with van der Waals surface area (Å²) in [4.78, 5) is 73.0. The average Bonchev–Trinajstić information content (AvgIpc) is 0.910. The Hall–Kier alpha value is -1.94. The number of rotatable bonds is 81. The van der Waals surface area contributed by atoms with E-state index in [2.05, 4.69) is 55.4 Å².